The third-order valence-corrected chi connectivity index (χ3v) is 4.23. The minimum Gasteiger partial charge on any atom is -0.281 e. The monoisotopic (exact) mass is 310 g/mol. The minimum absolute atomic E-state index is 0. The van der Waals surface area contributed by atoms with E-state index in [1.54, 1.807) is 48.5 Å². The Morgan fingerprint density at radius 2 is 0.947 bits per heavy atom. The number of carbonyl (C=O) groups is 2. The van der Waals surface area contributed by atoms with Crippen LogP contribution in [0.2, 0.25) is 0 Å². The Morgan fingerprint density at radius 3 is 1.26 bits per heavy atom. The fourth-order valence-corrected chi connectivity index (χ4v) is 2.97. The second-order valence-corrected chi connectivity index (χ2v) is 5.55. The number of rotatable bonds is 2. The lowest BCUT2D eigenvalue weighted by Crippen LogP contribution is -1.94. The summed E-state index contributed by atoms with van der Waals surface area (Å²) in [6.07, 6.45) is 0. The van der Waals surface area contributed by atoms with Gasteiger partial charge in [0.2, 0.25) is 10.2 Å². The second-order valence-electron chi connectivity index (χ2n) is 3.47. The Bertz CT molecular complexity index is 492. The third-order valence-electron chi connectivity index (χ3n) is 2.21. The molecule has 2 nitrogen and oxygen atoms in total. The topological polar surface area (TPSA) is 34.1 Å². The summed E-state index contributed by atoms with van der Waals surface area (Å²) in [5.74, 6) is 0. The molecule has 0 aliphatic rings. The van der Waals surface area contributed by atoms with Crippen molar-refractivity contribution < 1.29 is 9.59 Å². The van der Waals surface area contributed by atoms with E-state index in [4.69, 9.17) is 0 Å². The van der Waals surface area contributed by atoms with E-state index in [2.05, 4.69) is 0 Å². The maximum Gasteiger partial charge on any atom is 0.230 e. The van der Waals surface area contributed by atoms with E-state index in [0.29, 0.717) is 11.1 Å². The third kappa shape index (κ3) is 4.74. The van der Waals surface area contributed by atoms with Gasteiger partial charge in [0.15, 0.2) is 0 Å². The summed E-state index contributed by atoms with van der Waals surface area (Å²) in [4.78, 5) is 23.5. The highest BCUT2D eigenvalue weighted by molar-refractivity contribution is 8.87. The van der Waals surface area contributed by atoms with Gasteiger partial charge in [-0.2, -0.15) is 0 Å². The normalized spacial score (nSPS) is 9.47. The molecule has 0 atom stereocenters. The number of carbonyl (C=O) groups excluding carboxylic acids is 2. The first-order valence-corrected chi connectivity index (χ1v) is 7.45. The van der Waals surface area contributed by atoms with Crippen molar-refractivity contribution in [1.29, 1.82) is 0 Å². The quantitative estimate of drug-likeness (QED) is 0.766. The zero-order valence-electron chi connectivity index (χ0n) is 9.81. The molecular formula is C14H11ClO2S2. The van der Waals surface area contributed by atoms with Crippen molar-refractivity contribution in [3.8, 4) is 0 Å². The van der Waals surface area contributed by atoms with Gasteiger partial charge in [-0.05, 0) is 21.6 Å². The van der Waals surface area contributed by atoms with E-state index >= 15 is 0 Å². The van der Waals surface area contributed by atoms with Crippen molar-refractivity contribution in [2.75, 3.05) is 0 Å². The van der Waals surface area contributed by atoms with Gasteiger partial charge >= 0.3 is 0 Å². The largest absolute Gasteiger partial charge is 0.281 e. The van der Waals surface area contributed by atoms with Crippen LogP contribution in [0.5, 0.6) is 0 Å². The average molecular weight is 311 g/mol. The fraction of sp³-hybridized carbons (Fsp3) is 0. The summed E-state index contributed by atoms with van der Waals surface area (Å²) in [6, 6.07) is 17.9. The SMILES string of the molecule is Cl.O=C(SSC(=O)c1ccccc1)c1ccccc1. The van der Waals surface area contributed by atoms with Gasteiger partial charge in [0.1, 0.15) is 0 Å². The van der Waals surface area contributed by atoms with E-state index in [1.807, 2.05) is 12.1 Å². The van der Waals surface area contributed by atoms with Crippen molar-refractivity contribution in [3.63, 3.8) is 0 Å². The van der Waals surface area contributed by atoms with Crippen molar-refractivity contribution >= 4 is 44.2 Å². The summed E-state index contributed by atoms with van der Waals surface area (Å²) < 4.78 is 0. The molecule has 0 aromatic heterocycles. The summed E-state index contributed by atoms with van der Waals surface area (Å²) >= 11 is 0. The fourth-order valence-electron chi connectivity index (χ4n) is 1.32. The van der Waals surface area contributed by atoms with Crippen LogP contribution < -0.4 is 0 Å². The van der Waals surface area contributed by atoms with Crippen molar-refractivity contribution in [3.05, 3.63) is 71.8 Å². The van der Waals surface area contributed by atoms with E-state index in [1.165, 1.54) is 0 Å². The molecule has 0 unspecified atom stereocenters. The van der Waals surface area contributed by atoms with Crippen molar-refractivity contribution in [2.45, 2.75) is 0 Å². The standard InChI is InChI=1S/C14H10O2S2.ClH/c15-13(11-7-3-1-4-8-11)17-18-14(16)12-9-5-2-6-10-12;/h1-10H;1H. The lowest BCUT2D eigenvalue weighted by molar-refractivity contribution is 0.107. The molecule has 0 saturated heterocycles. The molecular weight excluding hydrogens is 300 g/mol. The highest BCUT2D eigenvalue weighted by Gasteiger charge is 2.12. The molecule has 2 aromatic rings. The Morgan fingerprint density at radius 1 is 0.632 bits per heavy atom. The number of halogens is 1. The van der Waals surface area contributed by atoms with Crippen LogP contribution in [-0.4, -0.2) is 10.2 Å². The summed E-state index contributed by atoms with van der Waals surface area (Å²) in [7, 11) is 1.92. The lowest BCUT2D eigenvalue weighted by atomic mass is 10.2. The van der Waals surface area contributed by atoms with Crippen molar-refractivity contribution in [2.24, 2.45) is 0 Å². The molecule has 19 heavy (non-hydrogen) atoms. The van der Waals surface area contributed by atoms with E-state index < -0.39 is 0 Å². The molecule has 2 aromatic carbocycles. The van der Waals surface area contributed by atoms with E-state index in [9.17, 15) is 9.59 Å². The Hall–Kier alpha value is -1.23. The van der Waals surface area contributed by atoms with Crippen LogP contribution in [0, 0.1) is 0 Å². The van der Waals surface area contributed by atoms with Gasteiger partial charge in [-0.25, -0.2) is 0 Å². The molecule has 5 heteroatoms. The van der Waals surface area contributed by atoms with Crippen LogP contribution in [0.4, 0.5) is 0 Å². The van der Waals surface area contributed by atoms with Crippen LogP contribution in [0.25, 0.3) is 0 Å². The summed E-state index contributed by atoms with van der Waals surface area (Å²) in [5.41, 5.74) is 1.21. The molecule has 0 heterocycles. The molecule has 0 spiro atoms. The molecule has 98 valence electrons. The summed E-state index contributed by atoms with van der Waals surface area (Å²) in [6.45, 7) is 0. The zero-order chi connectivity index (χ0) is 12.8. The van der Waals surface area contributed by atoms with Crippen LogP contribution in [0.3, 0.4) is 0 Å². The Balaban J connectivity index is 0.00000180. The van der Waals surface area contributed by atoms with Gasteiger partial charge in [0, 0.05) is 11.1 Å². The van der Waals surface area contributed by atoms with Crippen molar-refractivity contribution in [1.82, 2.24) is 0 Å². The predicted octanol–water partition coefficient (Wildman–Crippen LogP) is 4.47. The lowest BCUT2D eigenvalue weighted by Gasteiger charge is -2.00. The first kappa shape index (κ1) is 15.8. The average Bonchev–Trinajstić information content (AvgIpc) is 2.46. The Labute approximate surface area is 125 Å². The predicted molar refractivity (Wildman–Crippen MR) is 84.0 cm³/mol. The van der Waals surface area contributed by atoms with Crippen LogP contribution in [0.15, 0.2) is 60.7 Å². The molecule has 0 amide bonds. The maximum atomic E-state index is 11.8. The highest BCUT2D eigenvalue weighted by atomic mass is 35.5. The first-order valence-electron chi connectivity index (χ1n) is 5.30. The Kier molecular flexibility index (Phi) is 6.70. The molecule has 0 fully saturated rings. The number of benzene rings is 2. The molecule has 2 rings (SSSR count). The second kappa shape index (κ2) is 8.04. The van der Waals surface area contributed by atoms with Crippen LogP contribution in [0.1, 0.15) is 20.7 Å². The van der Waals surface area contributed by atoms with Gasteiger partial charge < -0.3 is 0 Å². The molecule has 0 radical (unpaired) electrons. The van der Waals surface area contributed by atoms with Crippen LogP contribution >= 0.6 is 34.0 Å². The zero-order valence-corrected chi connectivity index (χ0v) is 12.3. The molecule has 0 N–H and O–H groups in total. The minimum atomic E-state index is -0.107. The van der Waals surface area contributed by atoms with Gasteiger partial charge in [-0.1, -0.05) is 60.7 Å². The molecule has 0 aliphatic heterocycles. The van der Waals surface area contributed by atoms with Gasteiger partial charge in [-0.3, -0.25) is 9.59 Å². The van der Waals surface area contributed by atoms with Crippen LogP contribution in [-0.2, 0) is 0 Å². The molecule has 0 aliphatic carbocycles. The smallest absolute Gasteiger partial charge is 0.230 e. The first-order chi connectivity index (χ1) is 8.77. The van der Waals surface area contributed by atoms with E-state index in [-0.39, 0.29) is 22.6 Å². The van der Waals surface area contributed by atoms with Gasteiger partial charge in [-0.15, -0.1) is 12.4 Å². The van der Waals surface area contributed by atoms with Gasteiger partial charge in [0.25, 0.3) is 0 Å². The highest BCUT2D eigenvalue weighted by Crippen LogP contribution is 2.29. The number of hydrogen-bond donors (Lipinski definition) is 0. The summed E-state index contributed by atoms with van der Waals surface area (Å²) in [5, 5.41) is -0.213. The molecule has 0 saturated carbocycles. The number of hydrogen-bond acceptors (Lipinski definition) is 4. The molecule has 0 bridgehead atoms. The maximum absolute atomic E-state index is 11.8. The van der Waals surface area contributed by atoms with E-state index in [0.717, 1.165) is 21.6 Å². The van der Waals surface area contributed by atoms with Gasteiger partial charge in [0.05, 0.1) is 0 Å².